The Labute approximate surface area is 167 Å². The van der Waals surface area contributed by atoms with Crippen LogP contribution in [0.5, 0.6) is 5.75 Å². The number of aryl methyl sites for hydroxylation is 2. The molecule has 0 spiro atoms. The molecule has 0 aliphatic rings. The van der Waals surface area contributed by atoms with E-state index in [4.69, 9.17) is 4.74 Å². The van der Waals surface area contributed by atoms with Gasteiger partial charge in [0.2, 0.25) is 0 Å². The first-order valence-corrected chi connectivity index (χ1v) is 10.9. The van der Waals surface area contributed by atoms with Crippen molar-refractivity contribution in [3.05, 3.63) is 52.8 Å². The molecular formula is C21H24N2O2S2. The molecule has 0 saturated heterocycles. The van der Waals surface area contributed by atoms with Crippen LogP contribution in [0.2, 0.25) is 0 Å². The summed E-state index contributed by atoms with van der Waals surface area (Å²) in [5, 5.41) is 0. The molecule has 1 amide bonds. The summed E-state index contributed by atoms with van der Waals surface area (Å²) in [6.45, 7) is 7.63. The fourth-order valence-corrected chi connectivity index (χ4v) is 4.54. The third kappa shape index (κ3) is 5.02. The molecule has 0 fully saturated rings. The zero-order chi connectivity index (χ0) is 19.2. The normalized spacial score (nSPS) is 11.9. The average Bonchev–Trinajstić information content (AvgIpc) is 2.98. The van der Waals surface area contributed by atoms with Gasteiger partial charge in [-0.1, -0.05) is 36.0 Å². The summed E-state index contributed by atoms with van der Waals surface area (Å²) < 4.78 is 8.82. The zero-order valence-corrected chi connectivity index (χ0v) is 17.5. The highest BCUT2D eigenvalue weighted by Crippen LogP contribution is 2.24. The van der Waals surface area contributed by atoms with Crippen LogP contribution >= 0.6 is 23.1 Å². The molecule has 1 heterocycles. The van der Waals surface area contributed by atoms with Crippen molar-refractivity contribution in [3.63, 3.8) is 0 Å². The van der Waals surface area contributed by atoms with Gasteiger partial charge < -0.3 is 9.30 Å². The van der Waals surface area contributed by atoms with Crippen LogP contribution in [0.4, 0.5) is 0 Å². The predicted octanol–water partition coefficient (Wildman–Crippen LogP) is 5.04. The number of benzene rings is 2. The highest BCUT2D eigenvalue weighted by atomic mass is 32.2. The van der Waals surface area contributed by atoms with E-state index in [1.807, 2.05) is 31.2 Å². The molecule has 142 valence electrons. The van der Waals surface area contributed by atoms with E-state index in [0.717, 1.165) is 38.6 Å². The Balaban J connectivity index is 1.85. The first kappa shape index (κ1) is 19.7. The van der Waals surface area contributed by atoms with Crippen LogP contribution in [0.3, 0.4) is 0 Å². The van der Waals surface area contributed by atoms with E-state index >= 15 is 0 Å². The Hall–Kier alpha value is -2.05. The number of hydrogen-bond acceptors (Lipinski definition) is 4. The minimum Gasteiger partial charge on any atom is -0.494 e. The Bertz CT molecular complexity index is 988. The number of aromatic nitrogens is 1. The molecule has 0 aliphatic heterocycles. The van der Waals surface area contributed by atoms with Crippen LogP contribution in [0.15, 0.2) is 52.4 Å². The van der Waals surface area contributed by atoms with Gasteiger partial charge in [0, 0.05) is 11.4 Å². The fourth-order valence-electron chi connectivity index (χ4n) is 2.75. The van der Waals surface area contributed by atoms with Gasteiger partial charge in [-0.25, -0.2) is 0 Å². The molecule has 4 nitrogen and oxygen atoms in total. The van der Waals surface area contributed by atoms with Crippen LogP contribution in [-0.4, -0.2) is 22.8 Å². The van der Waals surface area contributed by atoms with E-state index in [-0.39, 0.29) is 5.91 Å². The first-order valence-electron chi connectivity index (χ1n) is 9.14. The van der Waals surface area contributed by atoms with Crippen molar-refractivity contribution in [2.24, 2.45) is 4.99 Å². The second-order valence-electron chi connectivity index (χ2n) is 6.21. The maximum absolute atomic E-state index is 12.4. The maximum Gasteiger partial charge on any atom is 0.258 e. The highest BCUT2D eigenvalue weighted by molar-refractivity contribution is 8.00. The minimum absolute atomic E-state index is 0.109. The van der Waals surface area contributed by atoms with Crippen LogP contribution in [0, 0.1) is 6.92 Å². The van der Waals surface area contributed by atoms with Crippen molar-refractivity contribution in [3.8, 4) is 5.75 Å². The quantitative estimate of drug-likeness (QED) is 0.522. The summed E-state index contributed by atoms with van der Waals surface area (Å²) in [5.74, 6) is 1.08. The lowest BCUT2D eigenvalue weighted by atomic mass is 10.2. The molecular weight excluding hydrogens is 376 g/mol. The molecule has 0 unspecified atom stereocenters. The van der Waals surface area contributed by atoms with Gasteiger partial charge in [-0.2, -0.15) is 4.99 Å². The molecule has 6 heteroatoms. The third-order valence-electron chi connectivity index (χ3n) is 4.02. The Morgan fingerprint density at radius 2 is 1.96 bits per heavy atom. The van der Waals surface area contributed by atoms with E-state index < -0.39 is 0 Å². The van der Waals surface area contributed by atoms with Crippen molar-refractivity contribution in [2.45, 2.75) is 38.6 Å². The average molecular weight is 401 g/mol. The summed E-state index contributed by atoms with van der Waals surface area (Å²) in [4.78, 5) is 18.7. The summed E-state index contributed by atoms with van der Waals surface area (Å²) in [6, 6.07) is 14.3. The number of amides is 1. The SMILES string of the molecule is CCCn1c(=NC(=O)CSc2ccc(C)cc2)sc2cc(OCC)ccc21. The smallest absolute Gasteiger partial charge is 0.258 e. The van der Waals surface area contributed by atoms with Gasteiger partial charge in [-0.05, 0) is 50.6 Å². The fraction of sp³-hybridized carbons (Fsp3) is 0.333. The van der Waals surface area contributed by atoms with Crippen LogP contribution in [0.25, 0.3) is 10.2 Å². The number of thioether (sulfide) groups is 1. The molecule has 0 atom stereocenters. The van der Waals surface area contributed by atoms with Crippen molar-refractivity contribution in [2.75, 3.05) is 12.4 Å². The van der Waals surface area contributed by atoms with Crippen LogP contribution in [0.1, 0.15) is 25.8 Å². The molecule has 3 rings (SSSR count). The Kier molecular flexibility index (Phi) is 6.74. The predicted molar refractivity (Wildman–Crippen MR) is 114 cm³/mol. The topological polar surface area (TPSA) is 43.6 Å². The van der Waals surface area contributed by atoms with Crippen molar-refractivity contribution < 1.29 is 9.53 Å². The number of thiazole rings is 1. The molecule has 0 radical (unpaired) electrons. The summed E-state index contributed by atoms with van der Waals surface area (Å²) in [7, 11) is 0. The number of carbonyl (C=O) groups excluding carboxylic acids is 1. The molecule has 0 N–H and O–H groups in total. The summed E-state index contributed by atoms with van der Waals surface area (Å²) >= 11 is 3.07. The van der Waals surface area contributed by atoms with Gasteiger partial charge in [0.25, 0.3) is 5.91 Å². The van der Waals surface area contributed by atoms with Crippen molar-refractivity contribution >= 4 is 39.2 Å². The largest absolute Gasteiger partial charge is 0.494 e. The molecule has 0 bridgehead atoms. The van der Waals surface area contributed by atoms with E-state index in [9.17, 15) is 4.79 Å². The molecule has 27 heavy (non-hydrogen) atoms. The van der Waals surface area contributed by atoms with Gasteiger partial charge in [-0.3, -0.25) is 4.79 Å². The number of hydrogen-bond donors (Lipinski definition) is 0. The second-order valence-corrected chi connectivity index (χ2v) is 8.26. The van der Waals surface area contributed by atoms with Crippen LogP contribution < -0.4 is 9.54 Å². The Morgan fingerprint density at radius 1 is 1.19 bits per heavy atom. The molecule has 2 aromatic carbocycles. The Morgan fingerprint density at radius 3 is 2.67 bits per heavy atom. The number of fused-ring (bicyclic) bond motifs is 1. The van der Waals surface area contributed by atoms with E-state index in [0.29, 0.717) is 12.4 Å². The zero-order valence-electron chi connectivity index (χ0n) is 15.9. The lowest BCUT2D eigenvalue weighted by molar-refractivity contribution is -0.115. The van der Waals surface area contributed by atoms with Crippen molar-refractivity contribution in [1.29, 1.82) is 0 Å². The lowest BCUT2D eigenvalue weighted by Crippen LogP contribution is -2.17. The number of carbonyl (C=O) groups is 1. The molecule has 3 aromatic rings. The number of ether oxygens (including phenoxy) is 1. The summed E-state index contributed by atoms with van der Waals surface area (Å²) in [6.07, 6.45) is 0.985. The monoisotopic (exact) mass is 400 g/mol. The van der Waals surface area contributed by atoms with Gasteiger partial charge >= 0.3 is 0 Å². The highest BCUT2D eigenvalue weighted by Gasteiger charge is 2.09. The molecule has 0 saturated carbocycles. The van der Waals surface area contributed by atoms with Gasteiger partial charge in [0.15, 0.2) is 4.80 Å². The maximum atomic E-state index is 12.4. The van der Waals surface area contributed by atoms with Gasteiger partial charge in [-0.15, -0.1) is 11.8 Å². The second kappa shape index (κ2) is 9.24. The molecule has 0 aliphatic carbocycles. The first-order chi connectivity index (χ1) is 13.1. The lowest BCUT2D eigenvalue weighted by Gasteiger charge is -2.05. The third-order valence-corrected chi connectivity index (χ3v) is 6.05. The standard InChI is InChI=1S/C21H24N2O2S2/c1-4-12-23-18-11-8-16(25-5-2)13-19(18)27-21(23)22-20(24)14-26-17-9-6-15(3)7-10-17/h6-11,13H,4-5,12,14H2,1-3H3. The van der Waals surface area contributed by atoms with Gasteiger partial charge in [0.05, 0.1) is 22.6 Å². The van der Waals surface area contributed by atoms with E-state index in [1.165, 1.54) is 17.3 Å². The van der Waals surface area contributed by atoms with Crippen LogP contribution in [-0.2, 0) is 11.3 Å². The van der Waals surface area contributed by atoms with E-state index in [2.05, 4.69) is 41.6 Å². The molecule has 1 aromatic heterocycles. The minimum atomic E-state index is -0.109. The number of nitrogens with zero attached hydrogens (tertiary/aromatic N) is 2. The van der Waals surface area contributed by atoms with E-state index in [1.54, 1.807) is 11.3 Å². The van der Waals surface area contributed by atoms with Gasteiger partial charge in [0.1, 0.15) is 5.75 Å². The number of rotatable bonds is 7. The summed E-state index contributed by atoms with van der Waals surface area (Å²) in [5.41, 5.74) is 2.32. The van der Waals surface area contributed by atoms with Crippen molar-refractivity contribution in [1.82, 2.24) is 4.57 Å².